The number of hydrogen-bond acceptors (Lipinski definition) is 6. The Morgan fingerprint density at radius 1 is 1.35 bits per heavy atom. The number of carbonyl (C=O) groups is 1. The molecule has 1 saturated carbocycles. The van der Waals surface area contributed by atoms with Crippen LogP contribution in [0.5, 0.6) is 0 Å². The van der Waals surface area contributed by atoms with Gasteiger partial charge in [-0.3, -0.25) is 10.5 Å². The standard InChI is InChI=1S/C15H23N3O4S/c1-11-5-7-12(8-6-11)23(20,21)18-10-14(19)22-15(17)9-3-2-4-13(15)16/h5-8,13,18H,2-4,9-10,16-17H2,1H3/t13-,15-/m1/s1. The van der Waals surface area contributed by atoms with Crippen LogP contribution in [0.15, 0.2) is 29.2 Å². The van der Waals surface area contributed by atoms with Crippen LogP contribution in [0.25, 0.3) is 0 Å². The van der Waals surface area contributed by atoms with Crippen LogP contribution in [0.3, 0.4) is 0 Å². The molecule has 8 heteroatoms. The highest BCUT2D eigenvalue weighted by molar-refractivity contribution is 7.89. The highest BCUT2D eigenvalue weighted by Gasteiger charge is 2.38. The van der Waals surface area contributed by atoms with Crippen molar-refractivity contribution in [2.75, 3.05) is 6.54 Å². The molecule has 2 rings (SSSR count). The Morgan fingerprint density at radius 3 is 2.61 bits per heavy atom. The third kappa shape index (κ3) is 4.51. The van der Waals surface area contributed by atoms with Crippen LogP contribution in [0.2, 0.25) is 0 Å². The molecule has 128 valence electrons. The molecular formula is C15H23N3O4S. The van der Waals surface area contributed by atoms with Crippen LogP contribution in [0.1, 0.15) is 31.2 Å². The lowest BCUT2D eigenvalue weighted by molar-refractivity contribution is -0.163. The van der Waals surface area contributed by atoms with Gasteiger partial charge in [0, 0.05) is 6.42 Å². The van der Waals surface area contributed by atoms with Crippen LogP contribution in [0, 0.1) is 6.92 Å². The van der Waals surface area contributed by atoms with E-state index in [1.54, 1.807) is 12.1 Å². The van der Waals surface area contributed by atoms with Crippen molar-refractivity contribution in [1.82, 2.24) is 4.72 Å². The highest BCUT2D eigenvalue weighted by atomic mass is 32.2. The molecule has 5 N–H and O–H groups in total. The Kier molecular flexibility index (Phi) is 5.41. The fourth-order valence-corrected chi connectivity index (χ4v) is 3.49. The average Bonchev–Trinajstić information content (AvgIpc) is 2.49. The predicted molar refractivity (Wildman–Crippen MR) is 85.8 cm³/mol. The van der Waals surface area contributed by atoms with Crippen molar-refractivity contribution in [3.05, 3.63) is 29.8 Å². The van der Waals surface area contributed by atoms with Gasteiger partial charge < -0.3 is 10.5 Å². The maximum absolute atomic E-state index is 12.1. The molecule has 1 fully saturated rings. The summed E-state index contributed by atoms with van der Waals surface area (Å²) in [6.45, 7) is 1.37. The summed E-state index contributed by atoms with van der Waals surface area (Å²) in [7, 11) is -3.77. The zero-order valence-electron chi connectivity index (χ0n) is 13.1. The van der Waals surface area contributed by atoms with Crippen LogP contribution in [-0.4, -0.2) is 32.7 Å². The van der Waals surface area contributed by atoms with Crippen molar-refractivity contribution in [3.63, 3.8) is 0 Å². The first-order valence-corrected chi connectivity index (χ1v) is 9.04. The van der Waals surface area contributed by atoms with Crippen LogP contribution in [-0.2, 0) is 19.6 Å². The van der Waals surface area contributed by atoms with Gasteiger partial charge in [0.2, 0.25) is 10.0 Å². The minimum absolute atomic E-state index is 0.0905. The average molecular weight is 341 g/mol. The molecule has 0 bridgehead atoms. The van der Waals surface area contributed by atoms with Crippen molar-refractivity contribution < 1.29 is 17.9 Å². The Hall–Kier alpha value is -1.48. The van der Waals surface area contributed by atoms with Gasteiger partial charge in [0.05, 0.1) is 10.9 Å². The molecule has 1 aliphatic rings. The van der Waals surface area contributed by atoms with E-state index in [0.29, 0.717) is 12.8 Å². The minimum Gasteiger partial charge on any atom is -0.441 e. The maximum Gasteiger partial charge on any atom is 0.322 e. The number of rotatable bonds is 5. The van der Waals surface area contributed by atoms with E-state index in [2.05, 4.69) is 4.72 Å². The van der Waals surface area contributed by atoms with E-state index in [1.807, 2.05) is 6.92 Å². The first-order chi connectivity index (χ1) is 10.7. The van der Waals surface area contributed by atoms with E-state index in [-0.39, 0.29) is 4.90 Å². The molecule has 7 nitrogen and oxygen atoms in total. The number of esters is 1. The molecule has 0 spiro atoms. The largest absolute Gasteiger partial charge is 0.441 e. The second-order valence-corrected chi connectivity index (χ2v) is 7.69. The van der Waals surface area contributed by atoms with E-state index in [0.717, 1.165) is 18.4 Å². The smallest absolute Gasteiger partial charge is 0.322 e. The van der Waals surface area contributed by atoms with Gasteiger partial charge in [-0.15, -0.1) is 0 Å². The summed E-state index contributed by atoms with van der Waals surface area (Å²) in [4.78, 5) is 12.0. The number of sulfonamides is 1. The SMILES string of the molecule is Cc1ccc(S(=O)(=O)NCC(=O)O[C@]2(N)CCCC[C@H]2N)cc1. The Bertz CT molecular complexity index is 660. The number of carbonyl (C=O) groups excluding carboxylic acids is 1. The lowest BCUT2D eigenvalue weighted by Crippen LogP contribution is -2.60. The number of nitrogens with one attached hydrogen (secondary N) is 1. The molecule has 23 heavy (non-hydrogen) atoms. The predicted octanol–water partition coefficient (Wildman–Crippen LogP) is 0.373. The van der Waals surface area contributed by atoms with Crippen molar-refractivity contribution in [2.24, 2.45) is 11.5 Å². The summed E-state index contributed by atoms with van der Waals surface area (Å²) in [5, 5.41) is 0. The van der Waals surface area contributed by atoms with Crippen molar-refractivity contribution in [1.29, 1.82) is 0 Å². The molecule has 1 aromatic carbocycles. The summed E-state index contributed by atoms with van der Waals surface area (Å²) in [5.74, 6) is -0.736. The third-order valence-corrected chi connectivity index (χ3v) is 5.42. The van der Waals surface area contributed by atoms with Gasteiger partial charge in [-0.1, -0.05) is 24.1 Å². The molecule has 0 amide bonds. The topological polar surface area (TPSA) is 125 Å². The second-order valence-electron chi connectivity index (χ2n) is 5.92. The molecule has 0 radical (unpaired) electrons. The Balaban J connectivity index is 1.94. The number of hydrogen-bond donors (Lipinski definition) is 3. The summed E-state index contributed by atoms with van der Waals surface area (Å²) in [5.41, 5.74) is 11.7. The second kappa shape index (κ2) is 6.96. The minimum atomic E-state index is -3.77. The number of ether oxygens (including phenoxy) is 1. The molecule has 0 saturated heterocycles. The normalized spacial score (nSPS) is 25.1. The van der Waals surface area contributed by atoms with E-state index < -0.39 is 34.3 Å². The van der Waals surface area contributed by atoms with Crippen LogP contribution >= 0.6 is 0 Å². The molecular weight excluding hydrogens is 318 g/mol. The monoisotopic (exact) mass is 341 g/mol. The zero-order chi connectivity index (χ0) is 17.1. The molecule has 0 aliphatic heterocycles. The quantitative estimate of drug-likeness (QED) is 0.525. The fraction of sp³-hybridized carbons (Fsp3) is 0.533. The number of nitrogens with two attached hydrogens (primary N) is 2. The number of benzene rings is 1. The third-order valence-electron chi connectivity index (χ3n) is 4.00. The summed E-state index contributed by atoms with van der Waals surface area (Å²) in [6, 6.07) is 5.88. The van der Waals surface area contributed by atoms with Gasteiger partial charge in [-0.25, -0.2) is 8.42 Å². The molecule has 1 aliphatic carbocycles. The van der Waals surface area contributed by atoms with Gasteiger partial charge in [-0.2, -0.15) is 4.72 Å². The van der Waals surface area contributed by atoms with E-state index in [4.69, 9.17) is 16.2 Å². The molecule has 0 heterocycles. The first kappa shape index (κ1) is 17.9. The fourth-order valence-electron chi connectivity index (χ4n) is 2.52. The zero-order valence-corrected chi connectivity index (χ0v) is 13.9. The van der Waals surface area contributed by atoms with Crippen molar-refractivity contribution >= 4 is 16.0 Å². The van der Waals surface area contributed by atoms with Crippen LogP contribution in [0.4, 0.5) is 0 Å². The van der Waals surface area contributed by atoms with Gasteiger partial charge in [-0.05, 0) is 31.9 Å². The summed E-state index contributed by atoms with van der Waals surface area (Å²) < 4.78 is 31.7. The lowest BCUT2D eigenvalue weighted by Gasteiger charge is -2.38. The molecule has 2 atom stereocenters. The summed E-state index contributed by atoms with van der Waals surface area (Å²) >= 11 is 0. The Labute approximate surface area is 136 Å². The van der Waals surface area contributed by atoms with Crippen molar-refractivity contribution in [3.8, 4) is 0 Å². The first-order valence-electron chi connectivity index (χ1n) is 7.55. The van der Waals surface area contributed by atoms with E-state index >= 15 is 0 Å². The Morgan fingerprint density at radius 2 is 2.00 bits per heavy atom. The van der Waals surface area contributed by atoms with E-state index in [9.17, 15) is 13.2 Å². The van der Waals surface area contributed by atoms with Crippen molar-refractivity contribution in [2.45, 2.75) is 49.3 Å². The van der Waals surface area contributed by atoms with Gasteiger partial charge in [0.25, 0.3) is 0 Å². The summed E-state index contributed by atoms with van der Waals surface area (Å²) in [6.07, 6.45) is 2.92. The number of aryl methyl sites for hydroxylation is 1. The molecule has 0 aromatic heterocycles. The maximum atomic E-state index is 12.1. The molecule has 0 unspecified atom stereocenters. The van der Waals surface area contributed by atoms with Gasteiger partial charge in [0.1, 0.15) is 6.54 Å². The van der Waals surface area contributed by atoms with E-state index in [1.165, 1.54) is 12.1 Å². The van der Waals surface area contributed by atoms with Gasteiger partial charge >= 0.3 is 5.97 Å². The highest BCUT2D eigenvalue weighted by Crippen LogP contribution is 2.26. The van der Waals surface area contributed by atoms with Crippen LogP contribution < -0.4 is 16.2 Å². The van der Waals surface area contributed by atoms with Gasteiger partial charge in [0.15, 0.2) is 5.72 Å². The lowest BCUT2D eigenvalue weighted by atomic mass is 9.88. The molecule has 1 aromatic rings.